The van der Waals surface area contributed by atoms with Gasteiger partial charge in [-0.25, -0.2) is 0 Å². The van der Waals surface area contributed by atoms with Crippen molar-refractivity contribution in [3.63, 3.8) is 0 Å². The molecule has 0 spiro atoms. The smallest absolute Gasteiger partial charge is 0.297 e. The van der Waals surface area contributed by atoms with Crippen molar-refractivity contribution in [3.8, 4) is 5.75 Å². The summed E-state index contributed by atoms with van der Waals surface area (Å²) in [7, 11) is -3.43. The van der Waals surface area contributed by atoms with E-state index in [1.165, 1.54) is 7.11 Å². The van der Waals surface area contributed by atoms with Crippen LogP contribution in [0.1, 0.15) is 0 Å². The van der Waals surface area contributed by atoms with Gasteiger partial charge in [0, 0.05) is 6.07 Å². The maximum atomic E-state index is 10.9. The van der Waals surface area contributed by atoms with Gasteiger partial charge in [-0.3, -0.25) is 14.7 Å². The summed E-state index contributed by atoms with van der Waals surface area (Å²) < 4.78 is 35.3. The molecule has 0 aromatic heterocycles. The Labute approximate surface area is 90.5 Å². The van der Waals surface area contributed by atoms with E-state index in [0.29, 0.717) is 0 Å². The molecular formula is C7H8N2O6S. The van der Waals surface area contributed by atoms with E-state index in [1.54, 1.807) is 0 Å². The highest BCUT2D eigenvalue weighted by Gasteiger charge is 2.24. The van der Waals surface area contributed by atoms with Crippen LogP contribution in [0, 0.1) is 10.1 Å². The van der Waals surface area contributed by atoms with Crippen molar-refractivity contribution in [3.05, 3.63) is 22.2 Å². The van der Waals surface area contributed by atoms with Crippen LogP contribution in [-0.4, -0.2) is 25.0 Å². The minimum absolute atomic E-state index is 0.0893. The number of nitro groups is 1. The maximum absolute atomic E-state index is 10.9. The van der Waals surface area contributed by atoms with Crippen LogP contribution in [0.2, 0.25) is 0 Å². The van der Waals surface area contributed by atoms with Crippen molar-refractivity contribution in [1.29, 1.82) is 0 Å². The summed E-state index contributed by atoms with van der Waals surface area (Å²) in [5.74, 6) is -0.0893. The van der Waals surface area contributed by atoms with Crippen molar-refractivity contribution >= 4 is 21.5 Å². The largest absolute Gasteiger partial charge is 0.496 e. The van der Waals surface area contributed by atoms with Crippen LogP contribution in [0.4, 0.5) is 11.4 Å². The lowest BCUT2D eigenvalue weighted by Crippen LogP contribution is -2.06. The molecule has 16 heavy (non-hydrogen) atoms. The van der Waals surface area contributed by atoms with Gasteiger partial charge in [-0.05, 0) is 0 Å². The molecule has 88 valence electrons. The normalized spacial score (nSPS) is 11.1. The van der Waals surface area contributed by atoms with Gasteiger partial charge in [0.15, 0.2) is 0 Å². The van der Waals surface area contributed by atoms with E-state index in [0.717, 1.165) is 12.1 Å². The van der Waals surface area contributed by atoms with E-state index < -0.39 is 31.3 Å². The molecule has 1 aromatic rings. The predicted molar refractivity (Wildman–Crippen MR) is 53.9 cm³/mol. The predicted octanol–water partition coefficient (Wildman–Crippen LogP) is 0.432. The van der Waals surface area contributed by atoms with Gasteiger partial charge in [0.25, 0.3) is 15.8 Å². The van der Waals surface area contributed by atoms with Gasteiger partial charge in [0.2, 0.25) is 0 Å². The number of hydrogen-bond acceptors (Lipinski definition) is 6. The SMILES string of the molecule is COc1cc([N+](=O)[O-])c(N)c(S(=O)(=O)O)c1. The van der Waals surface area contributed by atoms with E-state index in [2.05, 4.69) is 4.74 Å². The molecule has 0 heterocycles. The Morgan fingerprint density at radius 1 is 1.50 bits per heavy atom. The number of nitrogens with two attached hydrogens (primary N) is 1. The Balaban J connectivity index is 3.63. The highest BCUT2D eigenvalue weighted by atomic mass is 32.2. The van der Waals surface area contributed by atoms with Gasteiger partial charge in [-0.1, -0.05) is 0 Å². The molecule has 0 unspecified atom stereocenters. The second-order valence-electron chi connectivity index (χ2n) is 2.79. The van der Waals surface area contributed by atoms with Crippen LogP contribution >= 0.6 is 0 Å². The second kappa shape index (κ2) is 3.94. The summed E-state index contributed by atoms with van der Waals surface area (Å²) in [6.07, 6.45) is 0. The molecule has 8 nitrogen and oxygen atoms in total. The van der Waals surface area contributed by atoms with Gasteiger partial charge < -0.3 is 10.5 Å². The van der Waals surface area contributed by atoms with Gasteiger partial charge >= 0.3 is 0 Å². The van der Waals surface area contributed by atoms with Crippen molar-refractivity contribution < 1.29 is 22.6 Å². The molecule has 0 saturated carbocycles. The van der Waals surface area contributed by atoms with Crippen LogP contribution in [0.3, 0.4) is 0 Å². The maximum Gasteiger partial charge on any atom is 0.297 e. The standard InChI is InChI=1S/C7H8N2O6S/c1-15-4-2-5(9(10)11)7(8)6(3-4)16(12,13)14/h2-3H,8H2,1H3,(H,12,13,14). The Bertz CT molecular complexity index is 538. The summed E-state index contributed by atoms with van der Waals surface area (Å²) in [5.41, 5.74) is 3.98. The lowest BCUT2D eigenvalue weighted by atomic mass is 10.2. The monoisotopic (exact) mass is 248 g/mol. The molecule has 0 fully saturated rings. The summed E-state index contributed by atoms with van der Waals surface area (Å²) in [4.78, 5) is 8.94. The van der Waals surface area contributed by atoms with E-state index in [-0.39, 0.29) is 5.75 Å². The lowest BCUT2D eigenvalue weighted by Gasteiger charge is -2.06. The van der Waals surface area contributed by atoms with E-state index in [4.69, 9.17) is 10.3 Å². The first-order valence-corrected chi connectivity index (χ1v) is 5.30. The molecule has 0 atom stereocenters. The van der Waals surface area contributed by atoms with Crippen LogP contribution in [0.15, 0.2) is 17.0 Å². The van der Waals surface area contributed by atoms with Crippen molar-refractivity contribution in [1.82, 2.24) is 0 Å². The summed E-state index contributed by atoms with van der Waals surface area (Å²) in [5, 5.41) is 10.6. The third kappa shape index (κ3) is 2.20. The number of methoxy groups -OCH3 is 1. The number of nitrogens with zero attached hydrogens (tertiary/aromatic N) is 1. The van der Waals surface area contributed by atoms with Gasteiger partial charge in [0.1, 0.15) is 16.3 Å². The second-order valence-corrected chi connectivity index (χ2v) is 4.18. The quantitative estimate of drug-likeness (QED) is 0.343. The van der Waals surface area contributed by atoms with Gasteiger partial charge in [0.05, 0.1) is 18.1 Å². The third-order valence-corrected chi connectivity index (χ3v) is 2.70. The number of nitro benzene ring substituents is 1. The van der Waals surface area contributed by atoms with Crippen LogP contribution in [0.5, 0.6) is 5.75 Å². The molecule has 0 aliphatic carbocycles. The number of rotatable bonds is 3. The molecule has 3 N–H and O–H groups in total. The van der Waals surface area contributed by atoms with E-state index in [9.17, 15) is 18.5 Å². The Morgan fingerprint density at radius 2 is 2.06 bits per heavy atom. The molecular weight excluding hydrogens is 240 g/mol. The molecule has 0 bridgehead atoms. The number of benzene rings is 1. The molecule has 9 heteroatoms. The van der Waals surface area contributed by atoms with Crippen LogP contribution in [0.25, 0.3) is 0 Å². The zero-order chi connectivity index (χ0) is 12.5. The van der Waals surface area contributed by atoms with Crippen molar-refractivity contribution in [2.45, 2.75) is 4.90 Å². The molecule has 1 aromatic carbocycles. The Hall–Kier alpha value is -1.87. The fourth-order valence-corrected chi connectivity index (χ4v) is 1.72. The van der Waals surface area contributed by atoms with E-state index in [1.807, 2.05) is 0 Å². The molecule has 0 radical (unpaired) electrons. The average Bonchev–Trinajstić information content (AvgIpc) is 2.15. The molecule has 0 aliphatic rings. The number of nitrogen functional groups attached to an aromatic ring is 1. The fraction of sp³-hybridized carbons (Fsp3) is 0.143. The molecule has 0 saturated heterocycles. The zero-order valence-electron chi connectivity index (χ0n) is 8.08. The number of anilines is 1. The first-order valence-electron chi connectivity index (χ1n) is 3.86. The van der Waals surface area contributed by atoms with E-state index >= 15 is 0 Å². The number of ether oxygens (including phenoxy) is 1. The first kappa shape index (κ1) is 12.2. The van der Waals surface area contributed by atoms with Crippen LogP contribution < -0.4 is 10.5 Å². The minimum Gasteiger partial charge on any atom is -0.496 e. The molecule has 1 rings (SSSR count). The van der Waals surface area contributed by atoms with Gasteiger partial charge in [-0.15, -0.1) is 0 Å². The first-order chi connectivity index (χ1) is 7.27. The third-order valence-electron chi connectivity index (χ3n) is 1.80. The fourth-order valence-electron chi connectivity index (χ4n) is 1.07. The minimum atomic E-state index is -4.63. The van der Waals surface area contributed by atoms with Crippen LogP contribution in [-0.2, 0) is 10.1 Å². The highest BCUT2D eigenvalue weighted by molar-refractivity contribution is 7.86. The highest BCUT2D eigenvalue weighted by Crippen LogP contribution is 2.33. The number of hydrogen-bond donors (Lipinski definition) is 2. The zero-order valence-corrected chi connectivity index (χ0v) is 8.89. The Kier molecular flexibility index (Phi) is 3.01. The van der Waals surface area contributed by atoms with Crippen molar-refractivity contribution in [2.24, 2.45) is 0 Å². The molecule has 0 amide bonds. The topological polar surface area (TPSA) is 133 Å². The summed E-state index contributed by atoms with van der Waals surface area (Å²) in [6, 6.07) is 1.86. The molecule has 0 aliphatic heterocycles. The summed E-state index contributed by atoms with van der Waals surface area (Å²) in [6.45, 7) is 0. The lowest BCUT2D eigenvalue weighted by molar-refractivity contribution is -0.384. The average molecular weight is 248 g/mol. The van der Waals surface area contributed by atoms with Gasteiger partial charge in [-0.2, -0.15) is 8.42 Å². The Morgan fingerprint density at radius 3 is 2.44 bits per heavy atom. The van der Waals surface area contributed by atoms with Crippen molar-refractivity contribution in [2.75, 3.05) is 12.8 Å². The summed E-state index contributed by atoms with van der Waals surface area (Å²) >= 11 is 0.